The third-order valence-corrected chi connectivity index (χ3v) is 4.65. The molecule has 8 heteroatoms. The highest BCUT2D eigenvalue weighted by Gasteiger charge is 2.23. The van der Waals surface area contributed by atoms with Crippen molar-refractivity contribution in [3.63, 3.8) is 0 Å². The van der Waals surface area contributed by atoms with Gasteiger partial charge in [0.1, 0.15) is 5.75 Å². The Bertz CT molecular complexity index is 945. The van der Waals surface area contributed by atoms with Gasteiger partial charge in [-0.2, -0.15) is 0 Å². The third-order valence-electron chi connectivity index (χ3n) is 4.43. The molecule has 28 heavy (non-hydrogen) atoms. The summed E-state index contributed by atoms with van der Waals surface area (Å²) in [6.07, 6.45) is 0. The summed E-state index contributed by atoms with van der Waals surface area (Å²) in [6, 6.07) is 9.78. The second-order valence-electron chi connectivity index (χ2n) is 6.44. The Kier molecular flexibility index (Phi) is 5.84. The zero-order valence-corrected chi connectivity index (χ0v) is 16.3. The minimum absolute atomic E-state index is 0.0245. The molecule has 2 aromatic carbocycles. The first-order valence-electron chi connectivity index (χ1n) is 8.70. The molecule has 146 valence electrons. The van der Waals surface area contributed by atoms with Crippen LogP contribution in [0.25, 0.3) is 0 Å². The van der Waals surface area contributed by atoms with Crippen LogP contribution in [0.2, 0.25) is 5.02 Å². The largest absolute Gasteiger partial charge is 0.497 e. The number of amides is 3. The molecule has 0 spiro atoms. The summed E-state index contributed by atoms with van der Waals surface area (Å²) in [5.74, 6) is -0.336. The fraction of sp³-hybridized carbons (Fsp3) is 0.250. The number of benzene rings is 2. The molecule has 0 saturated carbocycles. The van der Waals surface area contributed by atoms with Crippen molar-refractivity contribution in [2.75, 3.05) is 32.1 Å². The number of ether oxygens (including phenoxy) is 1. The first-order chi connectivity index (χ1) is 13.4. The molecule has 0 bridgehead atoms. The fourth-order valence-corrected chi connectivity index (χ4v) is 3.12. The highest BCUT2D eigenvalue weighted by molar-refractivity contribution is 6.31. The first-order valence-corrected chi connectivity index (χ1v) is 9.07. The van der Waals surface area contributed by atoms with Crippen molar-refractivity contribution in [1.29, 1.82) is 0 Å². The number of carbonyl (C=O) groups excluding carboxylic acids is 3. The van der Waals surface area contributed by atoms with Crippen LogP contribution in [-0.2, 0) is 4.79 Å². The number of methoxy groups -OCH3 is 1. The van der Waals surface area contributed by atoms with Crippen LogP contribution in [0.5, 0.6) is 5.75 Å². The fourth-order valence-electron chi connectivity index (χ4n) is 2.89. The molecule has 2 aromatic rings. The van der Waals surface area contributed by atoms with E-state index in [2.05, 4.69) is 10.6 Å². The molecule has 0 unspecified atom stereocenters. The molecule has 1 aliphatic rings. The monoisotopic (exact) mass is 401 g/mol. The van der Waals surface area contributed by atoms with Gasteiger partial charge in [-0.25, -0.2) is 0 Å². The Morgan fingerprint density at radius 2 is 1.96 bits per heavy atom. The van der Waals surface area contributed by atoms with Crippen LogP contribution < -0.4 is 15.4 Å². The summed E-state index contributed by atoms with van der Waals surface area (Å²) in [5, 5.41) is 5.88. The average molecular weight is 402 g/mol. The Labute approximate surface area is 167 Å². The Morgan fingerprint density at radius 3 is 2.68 bits per heavy atom. The number of carbonyl (C=O) groups is 3. The molecule has 1 fully saturated rings. The lowest BCUT2D eigenvalue weighted by Crippen LogP contribution is -2.49. The van der Waals surface area contributed by atoms with Crippen LogP contribution >= 0.6 is 11.6 Å². The summed E-state index contributed by atoms with van der Waals surface area (Å²) >= 11 is 6.03. The molecule has 0 aliphatic carbocycles. The Balaban J connectivity index is 1.81. The van der Waals surface area contributed by atoms with Gasteiger partial charge >= 0.3 is 0 Å². The van der Waals surface area contributed by atoms with Crippen LogP contribution in [-0.4, -0.2) is 49.4 Å². The smallest absolute Gasteiger partial charge is 0.255 e. The molecule has 0 atom stereocenters. The van der Waals surface area contributed by atoms with Crippen molar-refractivity contribution >= 4 is 35.0 Å². The van der Waals surface area contributed by atoms with Crippen molar-refractivity contribution in [3.05, 3.63) is 58.1 Å². The van der Waals surface area contributed by atoms with Gasteiger partial charge in [-0.05, 0) is 42.8 Å². The summed E-state index contributed by atoms with van der Waals surface area (Å²) in [5.41, 5.74) is 2.05. The van der Waals surface area contributed by atoms with E-state index in [1.165, 1.54) is 18.1 Å². The minimum Gasteiger partial charge on any atom is -0.497 e. The van der Waals surface area contributed by atoms with Crippen LogP contribution in [0, 0.1) is 6.92 Å². The number of hydrogen-bond donors (Lipinski definition) is 2. The molecule has 3 amide bonds. The lowest BCUT2D eigenvalue weighted by Gasteiger charge is -2.27. The van der Waals surface area contributed by atoms with E-state index < -0.39 is 0 Å². The molecule has 1 aliphatic heterocycles. The van der Waals surface area contributed by atoms with Gasteiger partial charge in [-0.1, -0.05) is 17.7 Å². The zero-order valence-electron chi connectivity index (χ0n) is 15.5. The lowest BCUT2D eigenvalue weighted by molar-refractivity contribution is -0.123. The molecule has 1 heterocycles. The number of halogens is 1. The molecule has 2 N–H and O–H groups in total. The maximum absolute atomic E-state index is 12.7. The molecule has 7 nitrogen and oxygen atoms in total. The van der Waals surface area contributed by atoms with E-state index in [1.807, 2.05) is 6.92 Å². The quantitative estimate of drug-likeness (QED) is 0.823. The first kappa shape index (κ1) is 19.7. The van der Waals surface area contributed by atoms with E-state index in [0.717, 1.165) is 5.56 Å². The standard InChI is InChI=1S/C20H20ClN3O4/c1-12-3-4-13(20(27)24-6-5-22-18(25)11-24)9-17(12)23-19(26)14-7-15(21)10-16(8-14)28-2/h3-4,7-10H,5-6,11H2,1-2H3,(H,22,25)(H,23,26). The summed E-state index contributed by atoms with van der Waals surface area (Å²) in [6.45, 7) is 2.73. The predicted molar refractivity (Wildman–Crippen MR) is 106 cm³/mol. The number of nitrogens with zero attached hydrogens (tertiary/aromatic N) is 1. The average Bonchev–Trinajstić information content (AvgIpc) is 2.68. The van der Waals surface area contributed by atoms with Crippen LogP contribution in [0.15, 0.2) is 36.4 Å². The van der Waals surface area contributed by atoms with Crippen molar-refractivity contribution in [2.24, 2.45) is 0 Å². The van der Waals surface area contributed by atoms with E-state index in [4.69, 9.17) is 16.3 Å². The van der Waals surface area contributed by atoms with Gasteiger partial charge in [-0.15, -0.1) is 0 Å². The van der Waals surface area contributed by atoms with Crippen molar-refractivity contribution in [2.45, 2.75) is 6.92 Å². The maximum Gasteiger partial charge on any atom is 0.255 e. The van der Waals surface area contributed by atoms with Gasteiger partial charge in [-0.3, -0.25) is 14.4 Å². The zero-order chi connectivity index (χ0) is 20.3. The molecular weight excluding hydrogens is 382 g/mol. The number of hydrogen-bond acceptors (Lipinski definition) is 4. The minimum atomic E-state index is -0.370. The molecule has 1 saturated heterocycles. The van der Waals surface area contributed by atoms with E-state index in [1.54, 1.807) is 30.3 Å². The molecule has 0 aromatic heterocycles. The summed E-state index contributed by atoms with van der Waals surface area (Å²) < 4.78 is 5.14. The van der Waals surface area contributed by atoms with Crippen molar-refractivity contribution < 1.29 is 19.1 Å². The van der Waals surface area contributed by atoms with E-state index in [-0.39, 0.29) is 24.3 Å². The van der Waals surface area contributed by atoms with Gasteiger partial charge < -0.3 is 20.3 Å². The Morgan fingerprint density at radius 1 is 1.18 bits per heavy atom. The molecular formula is C20H20ClN3O4. The highest BCUT2D eigenvalue weighted by atomic mass is 35.5. The number of nitrogens with one attached hydrogen (secondary N) is 2. The van der Waals surface area contributed by atoms with E-state index >= 15 is 0 Å². The maximum atomic E-state index is 12.7. The number of rotatable bonds is 4. The third kappa shape index (κ3) is 4.43. The van der Waals surface area contributed by atoms with Crippen molar-refractivity contribution in [3.8, 4) is 5.75 Å². The number of anilines is 1. The number of piperazine rings is 1. The second kappa shape index (κ2) is 8.31. The molecule has 3 rings (SSSR count). The van der Waals surface area contributed by atoms with Gasteiger partial charge in [0.2, 0.25) is 5.91 Å². The molecule has 0 radical (unpaired) electrons. The van der Waals surface area contributed by atoms with Gasteiger partial charge in [0.25, 0.3) is 11.8 Å². The second-order valence-corrected chi connectivity index (χ2v) is 6.88. The summed E-state index contributed by atoms with van der Waals surface area (Å²) in [4.78, 5) is 38.3. The Hall–Kier alpha value is -3.06. The van der Waals surface area contributed by atoms with E-state index in [0.29, 0.717) is 40.7 Å². The lowest BCUT2D eigenvalue weighted by atomic mass is 10.1. The predicted octanol–water partition coefficient (Wildman–Crippen LogP) is 2.48. The van der Waals surface area contributed by atoms with Crippen LogP contribution in [0.3, 0.4) is 0 Å². The SMILES string of the molecule is COc1cc(Cl)cc(C(=O)Nc2cc(C(=O)N3CCNC(=O)C3)ccc2C)c1. The topological polar surface area (TPSA) is 87.7 Å². The van der Waals surface area contributed by atoms with Crippen LogP contribution in [0.1, 0.15) is 26.3 Å². The van der Waals surface area contributed by atoms with Crippen molar-refractivity contribution in [1.82, 2.24) is 10.2 Å². The normalized spacial score (nSPS) is 13.7. The van der Waals surface area contributed by atoms with Gasteiger partial charge in [0.15, 0.2) is 0 Å². The van der Waals surface area contributed by atoms with E-state index in [9.17, 15) is 14.4 Å². The van der Waals surface area contributed by atoms with Crippen LogP contribution in [0.4, 0.5) is 5.69 Å². The van der Waals surface area contributed by atoms with Gasteiger partial charge in [0, 0.05) is 34.9 Å². The summed E-state index contributed by atoms with van der Waals surface area (Å²) in [7, 11) is 1.49. The van der Waals surface area contributed by atoms with Gasteiger partial charge in [0.05, 0.1) is 13.7 Å². The highest BCUT2D eigenvalue weighted by Crippen LogP contribution is 2.23. The number of aryl methyl sites for hydroxylation is 1.